The summed E-state index contributed by atoms with van der Waals surface area (Å²) in [7, 11) is 0. The smallest absolute Gasteiger partial charge is 0.249 e. The van der Waals surface area contributed by atoms with Gasteiger partial charge in [0.25, 0.3) is 0 Å². The molecule has 81 heavy (non-hydrogen) atoms. The number of hydrogen-bond donors (Lipinski definition) is 8. The second-order valence-corrected chi connectivity index (χ2v) is 25.3. The zero-order chi connectivity index (χ0) is 58.9. The Morgan fingerprint density at radius 3 is 1.04 bits per heavy atom. The first-order chi connectivity index (χ1) is 39.7. The van der Waals surface area contributed by atoms with Gasteiger partial charge in [-0.2, -0.15) is 0 Å². The van der Waals surface area contributed by atoms with Crippen LogP contribution in [0.5, 0.6) is 0 Å². The average molecular weight is 1150 g/mol. The summed E-state index contributed by atoms with van der Waals surface area (Å²) in [6.07, 6.45) is 61.5. The summed E-state index contributed by atoms with van der Waals surface area (Å²) in [6.45, 7) is 3.52. The van der Waals surface area contributed by atoms with Crippen LogP contribution >= 0.6 is 0 Å². The van der Waals surface area contributed by atoms with Crippen molar-refractivity contribution in [1.82, 2.24) is 5.32 Å². The number of carbonyl (C=O) groups excluding carboxylic acids is 1. The van der Waals surface area contributed by atoms with E-state index in [1.54, 1.807) is 0 Å². The van der Waals surface area contributed by atoms with Gasteiger partial charge in [-0.05, 0) is 38.5 Å². The molecule has 9 unspecified atom stereocenters. The molecule has 1 saturated heterocycles. The number of aliphatic hydroxyl groups is 7. The Labute approximate surface area is 500 Å². The predicted molar refractivity (Wildman–Crippen MR) is 339 cm³/mol. The van der Waals surface area contributed by atoms with E-state index in [1.165, 1.54) is 283 Å². The third-order valence-corrected chi connectivity index (χ3v) is 17.6. The maximum atomic E-state index is 13.3. The fourth-order valence-electron chi connectivity index (χ4n) is 11.9. The van der Waals surface area contributed by atoms with Crippen LogP contribution in [0, 0.1) is 0 Å². The molecule has 1 amide bonds. The molecule has 1 heterocycles. The Balaban J connectivity index is 2.18. The Kier molecular flexibility index (Phi) is 56.9. The molecule has 0 radical (unpaired) electrons. The summed E-state index contributed by atoms with van der Waals surface area (Å²) in [5, 5.41) is 76.6. The average Bonchev–Trinajstić information content (AvgIpc) is 3.49. The monoisotopic (exact) mass is 1150 g/mol. The van der Waals surface area contributed by atoms with E-state index in [1.807, 2.05) is 0 Å². The number of hydrogen-bond acceptors (Lipinski definition) is 10. The van der Waals surface area contributed by atoms with Gasteiger partial charge >= 0.3 is 0 Å². The van der Waals surface area contributed by atoms with Crippen molar-refractivity contribution >= 4 is 5.91 Å². The van der Waals surface area contributed by atoms with Crippen molar-refractivity contribution in [1.29, 1.82) is 0 Å². The maximum absolute atomic E-state index is 13.3. The molecule has 11 heteroatoms. The van der Waals surface area contributed by atoms with Crippen LogP contribution in [0.4, 0.5) is 0 Å². The molecule has 8 N–H and O–H groups in total. The number of aliphatic hydroxyl groups excluding tert-OH is 7. The third-order valence-electron chi connectivity index (χ3n) is 17.6. The molecule has 1 rings (SSSR count). The zero-order valence-electron chi connectivity index (χ0n) is 53.3. The summed E-state index contributed by atoms with van der Waals surface area (Å²) in [5.41, 5.74) is 0. The van der Waals surface area contributed by atoms with Crippen molar-refractivity contribution in [2.75, 3.05) is 13.2 Å². The highest BCUT2D eigenvalue weighted by Gasteiger charge is 2.44. The Morgan fingerprint density at radius 2 is 0.716 bits per heavy atom. The summed E-state index contributed by atoms with van der Waals surface area (Å²) in [5.74, 6) is -0.689. The molecule has 0 aromatic carbocycles. The molecular weight excluding hydrogens is 1010 g/mol. The first-order valence-corrected chi connectivity index (χ1v) is 35.6. The molecule has 11 nitrogen and oxygen atoms in total. The van der Waals surface area contributed by atoms with Crippen molar-refractivity contribution in [3.05, 3.63) is 12.2 Å². The molecule has 9 atom stereocenters. The van der Waals surface area contributed by atoms with E-state index >= 15 is 0 Å². The lowest BCUT2D eigenvalue weighted by molar-refractivity contribution is -0.303. The molecule has 0 aromatic heterocycles. The van der Waals surface area contributed by atoms with Gasteiger partial charge in [-0.3, -0.25) is 4.79 Å². The van der Waals surface area contributed by atoms with Crippen LogP contribution in [0.2, 0.25) is 0 Å². The molecule has 0 aromatic rings. The Morgan fingerprint density at radius 1 is 0.420 bits per heavy atom. The number of unbranched alkanes of at least 4 members (excludes halogenated alkanes) is 49. The second-order valence-electron chi connectivity index (χ2n) is 25.3. The molecule has 0 spiro atoms. The Bertz CT molecular complexity index is 1320. The van der Waals surface area contributed by atoms with Gasteiger partial charge in [0, 0.05) is 0 Å². The third kappa shape index (κ3) is 46.7. The van der Waals surface area contributed by atoms with Gasteiger partial charge in [0.1, 0.15) is 36.6 Å². The molecule has 0 saturated carbocycles. The van der Waals surface area contributed by atoms with Crippen molar-refractivity contribution < 1.29 is 50.0 Å². The van der Waals surface area contributed by atoms with Crippen LogP contribution < -0.4 is 5.32 Å². The van der Waals surface area contributed by atoms with E-state index in [0.717, 1.165) is 38.5 Å². The molecule has 1 fully saturated rings. The van der Waals surface area contributed by atoms with E-state index < -0.39 is 74.2 Å². The molecular formula is C70H137NO10. The highest BCUT2D eigenvalue weighted by Crippen LogP contribution is 2.24. The van der Waals surface area contributed by atoms with Gasteiger partial charge in [0.15, 0.2) is 6.29 Å². The standard InChI is InChI=1S/C70H137NO10/c1-3-5-7-9-11-13-15-17-19-21-23-25-27-29-30-31-32-33-34-36-38-40-42-44-46-48-50-52-54-56-58-63(74)69(79)71-61(60-80-70-68(78)67(77)66(76)64(59-72)81-70)65(75)62(73)57-55-53-51-49-47-45-43-41-39-37-35-28-26-24-22-20-18-16-14-12-10-8-6-4-2/h29-30,61-68,70,72-78H,3-28,31-60H2,1-2H3,(H,71,79)/b30-29-. The van der Waals surface area contributed by atoms with Crippen molar-refractivity contribution in [2.45, 2.75) is 416 Å². The fourth-order valence-corrected chi connectivity index (χ4v) is 11.9. The normalized spacial score (nSPS) is 19.1. The first kappa shape index (κ1) is 77.9. The molecule has 1 aliphatic rings. The Hall–Kier alpha value is -1.15. The summed E-state index contributed by atoms with van der Waals surface area (Å²) in [4.78, 5) is 13.3. The van der Waals surface area contributed by atoms with Gasteiger partial charge < -0.3 is 50.5 Å². The fraction of sp³-hybridized carbons (Fsp3) is 0.957. The van der Waals surface area contributed by atoms with Gasteiger partial charge in [0.05, 0.1) is 25.4 Å². The van der Waals surface area contributed by atoms with Gasteiger partial charge in [-0.15, -0.1) is 0 Å². The second kappa shape index (κ2) is 59.2. The summed E-state index contributed by atoms with van der Waals surface area (Å²) in [6, 6.07) is -1.17. The van der Waals surface area contributed by atoms with Gasteiger partial charge in [-0.25, -0.2) is 0 Å². The van der Waals surface area contributed by atoms with Gasteiger partial charge in [0.2, 0.25) is 5.91 Å². The minimum absolute atomic E-state index is 0.264. The van der Waals surface area contributed by atoms with E-state index in [9.17, 15) is 40.5 Å². The number of allylic oxidation sites excluding steroid dienone is 2. The van der Waals surface area contributed by atoms with Crippen LogP contribution in [0.3, 0.4) is 0 Å². The lowest BCUT2D eigenvalue weighted by Crippen LogP contribution is -2.60. The highest BCUT2D eigenvalue weighted by molar-refractivity contribution is 5.80. The van der Waals surface area contributed by atoms with Crippen LogP contribution in [0.15, 0.2) is 12.2 Å². The van der Waals surface area contributed by atoms with Crippen molar-refractivity contribution in [3.63, 3.8) is 0 Å². The SMILES string of the molecule is CCCCCCCCCCCCCC/C=C\CCCCCCCCCCCCCCCCC(O)C(=O)NC(COC1OC(CO)C(O)C(O)C1O)C(O)C(O)CCCCCCCCCCCCCCCCCCCCCCCCCC. The largest absolute Gasteiger partial charge is 0.394 e. The molecule has 0 aliphatic carbocycles. The molecule has 1 aliphatic heterocycles. The maximum Gasteiger partial charge on any atom is 0.249 e. The number of amides is 1. The lowest BCUT2D eigenvalue weighted by Gasteiger charge is -2.40. The van der Waals surface area contributed by atoms with E-state index in [2.05, 4.69) is 31.3 Å². The number of nitrogens with one attached hydrogen (secondary N) is 1. The van der Waals surface area contributed by atoms with E-state index in [4.69, 9.17) is 9.47 Å². The quantitative estimate of drug-likeness (QED) is 0.0215. The first-order valence-electron chi connectivity index (χ1n) is 35.6. The lowest BCUT2D eigenvalue weighted by atomic mass is 9.98. The number of carbonyl (C=O) groups is 1. The van der Waals surface area contributed by atoms with Crippen LogP contribution in [0.25, 0.3) is 0 Å². The predicted octanol–water partition coefficient (Wildman–Crippen LogP) is 17.0. The number of ether oxygens (including phenoxy) is 2. The summed E-state index contributed by atoms with van der Waals surface area (Å²) >= 11 is 0. The zero-order valence-corrected chi connectivity index (χ0v) is 53.3. The minimum atomic E-state index is -1.66. The molecule has 482 valence electrons. The highest BCUT2D eigenvalue weighted by atomic mass is 16.7. The van der Waals surface area contributed by atoms with E-state index in [-0.39, 0.29) is 6.42 Å². The summed E-state index contributed by atoms with van der Waals surface area (Å²) < 4.78 is 11.2. The van der Waals surface area contributed by atoms with Crippen molar-refractivity contribution in [2.24, 2.45) is 0 Å². The number of rotatable bonds is 63. The van der Waals surface area contributed by atoms with Gasteiger partial charge in [-0.1, -0.05) is 334 Å². The van der Waals surface area contributed by atoms with Crippen LogP contribution in [-0.4, -0.2) is 110 Å². The topological polar surface area (TPSA) is 189 Å². The van der Waals surface area contributed by atoms with E-state index in [0.29, 0.717) is 19.3 Å². The van der Waals surface area contributed by atoms with Crippen molar-refractivity contribution in [3.8, 4) is 0 Å². The van der Waals surface area contributed by atoms with Crippen LogP contribution in [-0.2, 0) is 14.3 Å². The minimum Gasteiger partial charge on any atom is -0.394 e. The van der Waals surface area contributed by atoms with Crippen LogP contribution in [0.1, 0.15) is 361 Å². The molecule has 0 bridgehead atoms.